The van der Waals surface area contributed by atoms with Crippen molar-refractivity contribution in [2.24, 2.45) is 22.6 Å². The van der Waals surface area contributed by atoms with Crippen molar-refractivity contribution in [1.29, 1.82) is 0 Å². The van der Waals surface area contributed by atoms with Crippen LogP contribution >= 0.6 is 11.6 Å². The molecular formula is C16H18ClN5O4. The number of carboxylic acid groups (broad SMARTS) is 1. The molecule has 0 bridgehead atoms. The summed E-state index contributed by atoms with van der Waals surface area (Å²) in [5.41, 5.74) is 6.49. The second-order valence-electron chi connectivity index (χ2n) is 6.19. The summed E-state index contributed by atoms with van der Waals surface area (Å²) in [4.78, 5) is 25.3. The van der Waals surface area contributed by atoms with Gasteiger partial charge in [0.25, 0.3) is 0 Å². The summed E-state index contributed by atoms with van der Waals surface area (Å²) in [6.45, 7) is 1.52. The number of fused-ring (bicyclic) bond motifs is 1. The van der Waals surface area contributed by atoms with Crippen molar-refractivity contribution in [3.8, 4) is 0 Å². The van der Waals surface area contributed by atoms with Crippen LogP contribution in [0.5, 0.6) is 0 Å². The summed E-state index contributed by atoms with van der Waals surface area (Å²) in [7, 11) is 0. The number of carboxylic acids is 1. The first-order valence-corrected chi connectivity index (χ1v) is 8.21. The van der Waals surface area contributed by atoms with Gasteiger partial charge in [0, 0.05) is 5.02 Å². The number of aliphatic hydroxyl groups is 1. The molecule has 0 saturated carbocycles. The number of rotatable bonds is 5. The summed E-state index contributed by atoms with van der Waals surface area (Å²) < 4.78 is 0. The van der Waals surface area contributed by atoms with Crippen LogP contribution in [0.1, 0.15) is 18.9 Å². The monoisotopic (exact) mass is 379 g/mol. The second kappa shape index (κ2) is 6.60. The molecule has 2 aliphatic rings. The van der Waals surface area contributed by atoms with Gasteiger partial charge >= 0.3 is 5.97 Å². The Balaban J connectivity index is 2.06. The Labute approximate surface area is 154 Å². The molecule has 3 rings (SSSR count). The van der Waals surface area contributed by atoms with Gasteiger partial charge in [0.05, 0.1) is 23.8 Å². The number of nitrogens with two attached hydrogens (primary N) is 2. The van der Waals surface area contributed by atoms with Crippen LogP contribution in [0.15, 0.2) is 29.0 Å². The molecule has 2 heterocycles. The predicted octanol–water partition coefficient (Wildman–Crippen LogP) is 0.329. The van der Waals surface area contributed by atoms with E-state index in [0.717, 1.165) is 11.5 Å². The number of aliphatic carboxylic acids is 1. The van der Waals surface area contributed by atoms with E-state index in [1.165, 1.54) is 11.8 Å². The molecule has 3 atom stereocenters. The van der Waals surface area contributed by atoms with E-state index in [1.807, 2.05) is 0 Å². The van der Waals surface area contributed by atoms with E-state index in [-0.39, 0.29) is 11.7 Å². The minimum Gasteiger partial charge on any atom is -0.477 e. The number of carbonyl (C=O) groups excluding carboxylic acids is 1. The van der Waals surface area contributed by atoms with Crippen LogP contribution < -0.4 is 16.7 Å². The third-order valence-corrected chi connectivity index (χ3v) is 4.84. The van der Waals surface area contributed by atoms with E-state index in [1.54, 1.807) is 18.2 Å². The molecule has 1 saturated heterocycles. The second-order valence-corrected chi connectivity index (χ2v) is 6.62. The quantitative estimate of drug-likeness (QED) is 0.189. The Morgan fingerprint density at radius 2 is 2.19 bits per heavy atom. The lowest BCUT2D eigenvalue weighted by Crippen LogP contribution is -2.61. The van der Waals surface area contributed by atoms with Crippen LogP contribution in [-0.2, 0) is 9.59 Å². The molecule has 1 fully saturated rings. The number of amides is 1. The molecule has 2 aliphatic heterocycles. The Bertz CT molecular complexity index is 838. The molecule has 9 nitrogen and oxygen atoms in total. The topological polar surface area (TPSA) is 145 Å². The Hall–Kier alpha value is -2.62. The van der Waals surface area contributed by atoms with Gasteiger partial charge < -0.3 is 20.8 Å². The fourth-order valence-corrected chi connectivity index (χ4v) is 3.78. The van der Waals surface area contributed by atoms with E-state index < -0.39 is 23.9 Å². The number of hydrogen-bond acceptors (Lipinski definition) is 6. The van der Waals surface area contributed by atoms with Crippen molar-refractivity contribution < 1.29 is 19.8 Å². The van der Waals surface area contributed by atoms with Gasteiger partial charge in [-0.05, 0) is 42.7 Å². The number of halogens is 1. The minimum absolute atomic E-state index is 0.101. The van der Waals surface area contributed by atoms with Gasteiger partial charge in [-0.1, -0.05) is 11.6 Å². The van der Waals surface area contributed by atoms with E-state index in [0.29, 0.717) is 28.3 Å². The molecule has 26 heavy (non-hydrogen) atoms. The van der Waals surface area contributed by atoms with Crippen LogP contribution in [0.2, 0.25) is 5.02 Å². The van der Waals surface area contributed by atoms with Gasteiger partial charge in [-0.25, -0.2) is 10.6 Å². The molecule has 0 spiro atoms. The van der Waals surface area contributed by atoms with Gasteiger partial charge in [-0.2, -0.15) is 5.12 Å². The van der Waals surface area contributed by atoms with Crippen LogP contribution in [0.3, 0.4) is 0 Å². The van der Waals surface area contributed by atoms with Crippen molar-refractivity contribution in [2.75, 3.05) is 5.12 Å². The first-order chi connectivity index (χ1) is 12.3. The van der Waals surface area contributed by atoms with E-state index in [2.05, 4.69) is 5.10 Å². The number of hydrazone groups is 1. The maximum Gasteiger partial charge on any atom is 0.352 e. The van der Waals surface area contributed by atoms with Gasteiger partial charge in [-0.15, -0.1) is 5.10 Å². The van der Waals surface area contributed by atoms with Gasteiger partial charge in [-0.3, -0.25) is 4.79 Å². The average molecular weight is 380 g/mol. The molecule has 0 aromatic heterocycles. The van der Waals surface area contributed by atoms with E-state index in [4.69, 9.17) is 23.2 Å². The number of β-lactam (4-membered cyclic amide) rings is 1. The lowest BCUT2D eigenvalue weighted by Gasteiger charge is -2.44. The number of nitrogens with zero attached hydrogens (tertiary/aromatic N) is 3. The summed E-state index contributed by atoms with van der Waals surface area (Å²) >= 11 is 6.14. The molecule has 0 radical (unpaired) electrons. The summed E-state index contributed by atoms with van der Waals surface area (Å²) in [5.74, 6) is 3.52. The van der Waals surface area contributed by atoms with E-state index >= 15 is 0 Å². The van der Waals surface area contributed by atoms with Crippen molar-refractivity contribution in [1.82, 2.24) is 4.90 Å². The molecule has 3 unspecified atom stereocenters. The zero-order valence-electron chi connectivity index (χ0n) is 13.8. The average Bonchev–Trinajstić information content (AvgIpc) is 2.89. The summed E-state index contributed by atoms with van der Waals surface area (Å²) in [6.07, 6.45) is 0.454. The highest BCUT2D eigenvalue weighted by Crippen LogP contribution is 2.47. The van der Waals surface area contributed by atoms with Gasteiger partial charge in [0.1, 0.15) is 12.0 Å². The molecule has 1 aromatic rings. The standard InChI is InChI=1S/C16H18ClN5O4/c1-7(23)13-12-5-11(14(16(25)26)21(12)15(13)24)8-2-9(17)4-10(3-8)22(19)20-6-18/h2-4,6-7,12-13,23H,5,19H2,1H3,(H2,18,20)(H,25,26). The Kier molecular flexibility index (Phi) is 4.61. The zero-order valence-corrected chi connectivity index (χ0v) is 14.6. The number of hydrazine groups is 1. The van der Waals surface area contributed by atoms with Gasteiger partial charge in [0.2, 0.25) is 5.91 Å². The lowest BCUT2D eigenvalue weighted by molar-refractivity contribution is -0.161. The Morgan fingerprint density at radius 1 is 1.50 bits per heavy atom. The molecular weight excluding hydrogens is 362 g/mol. The number of anilines is 1. The molecule has 1 amide bonds. The predicted molar refractivity (Wildman–Crippen MR) is 95.8 cm³/mol. The number of aliphatic hydroxyl groups excluding tert-OH is 1. The highest BCUT2D eigenvalue weighted by molar-refractivity contribution is 6.31. The zero-order chi connectivity index (χ0) is 19.2. The SMILES string of the molecule is CC(O)C1C(=O)N2C(C(=O)O)=C(c3cc(Cl)cc(N(N)/N=C\N)c3)CC12. The fourth-order valence-electron chi connectivity index (χ4n) is 3.55. The summed E-state index contributed by atoms with van der Waals surface area (Å²) in [6, 6.07) is 4.37. The van der Waals surface area contributed by atoms with Crippen molar-refractivity contribution >= 4 is 41.1 Å². The fraction of sp³-hybridized carbons (Fsp3) is 0.312. The smallest absolute Gasteiger partial charge is 0.352 e. The Morgan fingerprint density at radius 3 is 2.77 bits per heavy atom. The highest BCUT2D eigenvalue weighted by Gasteiger charge is 2.56. The molecule has 1 aromatic carbocycles. The molecule has 0 aliphatic carbocycles. The third kappa shape index (κ3) is 2.79. The molecule has 138 valence electrons. The molecule has 6 N–H and O–H groups in total. The minimum atomic E-state index is -1.22. The van der Waals surface area contributed by atoms with Crippen LogP contribution in [0, 0.1) is 5.92 Å². The van der Waals surface area contributed by atoms with Crippen LogP contribution in [-0.4, -0.2) is 45.5 Å². The highest BCUT2D eigenvalue weighted by atomic mass is 35.5. The largest absolute Gasteiger partial charge is 0.477 e. The summed E-state index contributed by atoms with van der Waals surface area (Å²) in [5, 5.41) is 24.5. The normalized spacial score (nSPS) is 23.2. The first kappa shape index (κ1) is 18.2. The van der Waals surface area contributed by atoms with Crippen LogP contribution in [0.4, 0.5) is 5.69 Å². The van der Waals surface area contributed by atoms with Crippen molar-refractivity contribution in [3.05, 3.63) is 34.5 Å². The maximum absolute atomic E-state index is 12.3. The van der Waals surface area contributed by atoms with Gasteiger partial charge in [0.15, 0.2) is 0 Å². The number of carbonyl (C=O) groups is 2. The lowest BCUT2D eigenvalue weighted by atomic mass is 9.82. The van der Waals surface area contributed by atoms with E-state index in [9.17, 15) is 19.8 Å². The van der Waals surface area contributed by atoms with Crippen LogP contribution in [0.25, 0.3) is 5.57 Å². The molecule has 10 heteroatoms. The first-order valence-electron chi connectivity index (χ1n) is 7.83. The maximum atomic E-state index is 12.3. The number of hydrogen-bond donors (Lipinski definition) is 4. The number of benzene rings is 1. The van der Waals surface area contributed by atoms with Crippen molar-refractivity contribution in [3.63, 3.8) is 0 Å². The third-order valence-electron chi connectivity index (χ3n) is 4.62. The van der Waals surface area contributed by atoms with Crippen molar-refractivity contribution in [2.45, 2.75) is 25.5 Å².